The Morgan fingerprint density at radius 2 is 2.15 bits per heavy atom. The number of amides is 1. The predicted octanol–water partition coefficient (Wildman–Crippen LogP) is 0.687. The monoisotopic (exact) mass is 184 g/mol. The van der Waals surface area contributed by atoms with Crippen LogP contribution in [0.5, 0.6) is 0 Å². The van der Waals surface area contributed by atoms with Gasteiger partial charge in [-0.2, -0.15) is 5.26 Å². The molecular weight excluding hydrogens is 168 g/mol. The van der Waals surface area contributed by atoms with Crippen LogP contribution in [0.2, 0.25) is 0 Å². The highest BCUT2D eigenvalue weighted by Gasteiger charge is 2.04. The van der Waals surface area contributed by atoms with Gasteiger partial charge in [0.05, 0.1) is 18.1 Å². The number of hydrogen-bond acceptors (Lipinski definition) is 3. The first-order chi connectivity index (χ1) is 6.06. The molecule has 4 nitrogen and oxygen atoms in total. The Morgan fingerprint density at radius 1 is 1.54 bits per heavy atom. The Balaban J connectivity index is 3.47. The van der Waals surface area contributed by atoms with Crippen molar-refractivity contribution in [2.75, 3.05) is 13.2 Å². The van der Waals surface area contributed by atoms with E-state index in [1.54, 1.807) is 6.92 Å². The van der Waals surface area contributed by atoms with Crippen LogP contribution in [-0.2, 0) is 9.53 Å². The molecule has 0 aliphatic heterocycles. The number of nitriles is 1. The van der Waals surface area contributed by atoms with Crippen LogP contribution in [0, 0.1) is 17.2 Å². The highest BCUT2D eigenvalue weighted by Crippen LogP contribution is 1.89. The van der Waals surface area contributed by atoms with Crippen LogP contribution >= 0.6 is 0 Å². The zero-order valence-electron chi connectivity index (χ0n) is 8.33. The largest absolute Gasteiger partial charge is 0.369 e. The summed E-state index contributed by atoms with van der Waals surface area (Å²) in [7, 11) is 0. The summed E-state index contributed by atoms with van der Waals surface area (Å²) in [4.78, 5) is 11.0. The first kappa shape index (κ1) is 11.9. The lowest BCUT2D eigenvalue weighted by Gasteiger charge is -2.08. The molecule has 0 saturated carbocycles. The van der Waals surface area contributed by atoms with Crippen molar-refractivity contribution < 1.29 is 9.53 Å². The van der Waals surface area contributed by atoms with E-state index in [1.165, 1.54) is 0 Å². The van der Waals surface area contributed by atoms with Gasteiger partial charge in [-0.25, -0.2) is 0 Å². The third kappa shape index (κ3) is 7.29. The van der Waals surface area contributed by atoms with Crippen LogP contribution in [0.15, 0.2) is 0 Å². The fraction of sp³-hybridized carbons (Fsp3) is 0.778. The van der Waals surface area contributed by atoms with Crippen LogP contribution < -0.4 is 5.32 Å². The fourth-order valence-corrected chi connectivity index (χ4v) is 0.606. The van der Waals surface area contributed by atoms with Crippen LogP contribution in [-0.4, -0.2) is 25.2 Å². The van der Waals surface area contributed by atoms with Crippen molar-refractivity contribution in [1.82, 2.24) is 5.32 Å². The number of carbonyl (C=O) groups is 1. The molecule has 0 aromatic carbocycles. The Hall–Kier alpha value is -1.08. The molecule has 1 N–H and O–H groups in total. The van der Waals surface area contributed by atoms with Crippen molar-refractivity contribution >= 4 is 5.91 Å². The van der Waals surface area contributed by atoms with Crippen LogP contribution in [0.1, 0.15) is 20.8 Å². The summed E-state index contributed by atoms with van der Waals surface area (Å²) in [6, 6.07) is 2.03. The van der Waals surface area contributed by atoms with Gasteiger partial charge in [0.15, 0.2) is 0 Å². The zero-order valence-corrected chi connectivity index (χ0v) is 8.33. The van der Waals surface area contributed by atoms with Gasteiger partial charge in [-0.15, -0.1) is 0 Å². The zero-order chi connectivity index (χ0) is 10.3. The van der Waals surface area contributed by atoms with Gasteiger partial charge in [0.1, 0.15) is 6.61 Å². The summed E-state index contributed by atoms with van der Waals surface area (Å²) < 4.78 is 5.07. The smallest absolute Gasteiger partial charge is 0.246 e. The number of hydrogen-bond donors (Lipinski definition) is 1. The molecule has 1 amide bonds. The van der Waals surface area contributed by atoms with E-state index in [-0.39, 0.29) is 24.5 Å². The normalized spacial score (nSPS) is 12.2. The lowest BCUT2D eigenvalue weighted by atomic mass is 10.2. The summed E-state index contributed by atoms with van der Waals surface area (Å²) in [5.41, 5.74) is 0. The number of carbonyl (C=O) groups excluding carboxylic acids is 1. The van der Waals surface area contributed by atoms with Gasteiger partial charge in [-0.3, -0.25) is 4.79 Å². The molecule has 1 atom stereocenters. The van der Waals surface area contributed by atoms with Gasteiger partial charge >= 0.3 is 0 Å². The first-order valence-electron chi connectivity index (χ1n) is 4.34. The lowest BCUT2D eigenvalue weighted by Crippen LogP contribution is -2.31. The van der Waals surface area contributed by atoms with E-state index in [0.29, 0.717) is 6.54 Å². The fourth-order valence-electron chi connectivity index (χ4n) is 0.606. The predicted molar refractivity (Wildman–Crippen MR) is 48.9 cm³/mol. The molecule has 74 valence electrons. The first-order valence-corrected chi connectivity index (χ1v) is 4.34. The lowest BCUT2D eigenvalue weighted by molar-refractivity contribution is -0.127. The molecule has 0 spiro atoms. The van der Waals surface area contributed by atoms with Gasteiger partial charge in [0.2, 0.25) is 5.91 Å². The number of nitrogens with zero attached hydrogens (tertiary/aromatic N) is 1. The molecule has 0 radical (unpaired) electrons. The second-order valence-corrected chi connectivity index (χ2v) is 3.19. The summed E-state index contributed by atoms with van der Waals surface area (Å²) in [6.07, 6.45) is 0.0548. The Labute approximate surface area is 78.9 Å². The average molecular weight is 184 g/mol. The molecule has 0 aliphatic carbocycles. The third-order valence-electron chi connectivity index (χ3n) is 1.37. The second-order valence-electron chi connectivity index (χ2n) is 3.19. The standard InChI is InChI=1S/C9H16N2O2/c1-7(2)13-6-9(12)11-5-8(3)4-10/h7-8H,5-6H2,1-3H3,(H,11,12). The van der Waals surface area contributed by atoms with Crippen LogP contribution in [0.3, 0.4) is 0 Å². The van der Waals surface area contributed by atoms with Crippen molar-refractivity contribution in [3.05, 3.63) is 0 Å². The molecule has 0 aromatic heterocycles. The molecule has 0 saturated heterocycles. The molecule has 0 heterocycles. The van der Waals surface area contributed by atoms with Crippen molar-refractivity contribution in [2.45, 2.75) is 26.9 Å². The molecule has 0 fully saturated rings. The minimum atomic E-state index is -0.171. The van der Waals surface area contributed by atoms with E-state index in [1.807, 2.05) is 19.9 Å². The van der Waals surface area contributed by atoms with Crippen molar-refractivity contribution in [1.29, 1.82) is 5.26 Å². The summed E-state index contributed by atoms with van der Waals surface area (Å²) in [5, 5.41) is 11.0. The topological polar surface area (TPSA) is 62.1 Å². The maximum atomic E-state index is 11.0. The Morgan fingerprint density at radius 3 is 2.62 bits per heavy atom. The summed E-state index contributed by atoms with van der Waals surface area (Å²) in [6.45, 7) is 5.94. The minimum absolute atomic E-state index is 0.0548. The molecule has 0 aromatic rings. The molecule has 0 aliphatic rings. The van der Waals surface area contributed by atoms with Crippen molar-refractivity contribution in [3.63, 3.8) is 0 Å². The third-order valence-corrected chi connectivity index (χ3v) is 1.37. The SMILES string of the molecule is CC(C#N)CNC(=O)COC(C)C. The Kier molecular flexibility index (Phi) is 5.90. The van der Waals surface area contributed by atoms with E-state index >= 15 is 0 Å². The quantitative estimate of drug-likeness (QED) is 0.683. The van der Waals surface area contributed by atoms with Crippen molar-refractivity contribution in [3.8, 4) is 6.07 Å². The average Bonchev–Trinajstić information content (AvgIpc) is 2.10. The van der Waals surface area contributed by atoms with E-state index in [0.717, 1.165) is 0 Å². The molecule has 0 rings (SSSR count). The van der Waals surface area contributed by atoms with E-state index in [9.17, 15) is 4.79 Å². The number of ether oxygens (including phenoxy) is 1. The highest BCUT2D eigenvalue weighted by molar-refractivity contribution is 5.77. The van der Waals surface area contributed by atoms with Gasteiger partial charge < -0.3 is 10.1 Å². The van der Waals surface area contributed by atoms with Crippen LogP contribution in [0.25, 0.3) is 0 Å². The second kappa shape index (κ2) is 6.44. The van der Waals surface area contributed by atoms with Crippen molar-refractivity contribution in [2.24, 2.45) is 5.92 Å². The molecule has 4 heteroatoms. The molecular formula is C9H16N2O2. The van der Waals surface area contributed by atoms with Gasteiger partial charge in [-0.1, -0.05) is 0 Å². The van der Waals surface area contributed by atoms with E-state index < -0.39 is 0 Å². The summed E-state index contributed by atoms with van der Waals surface area (Å²) in [5.74, 6) is -0.321. The van der Waals surface area contributed by atoms with E-state index in [2.05, 4.69) is 5.32 Å². The molecule has 1 unspecified atom stereocenters. The molecule has 13 heavy (non-hydrogen) atoms. The van der Waals surface area contributed by atoms with E-state index in [4.69, 9.17) is 10.00 Å². The number of nitrogens with one attached hydrogen (secondary N) is 1. The van der Waals surface area contributed by atoms with Crippen LogP contribution in [0.4, 0.5) is 0 Å². The highest BCUT2D eigenvalue weighted by atomic mass is 16.5. The summed E-state index contributed by atoms with van der Waals surface area (Å²) >= 11 is 0. The van der Waals surface area contributed by atoms with Gasteiger partial charge in [-0.05, 0) is 20.8 Å². The maximum Gasteiger partial charge on any atom is 0.246 e. The minimum Gasteiger partial charge on any atom is -0.369 e. The number of rotatable bonds is 5. The van der Waals surface area contributed by atoms with Gasteiger partial charge in [0, 0.05) is 6.54 Å². The van der Waals surface area contributed by atoms with Gasteiger partial charge in [0.25, 0.3) is 0 Å². The Bertz CT molecular complexity index is 196. The maximum absolute atomic E-state index is 11.0. The molecule has 0 bridgehead atoms.